The third kappa shape index (κ3) is 6.69. The lowest BCUT2D eigenvalue weighted by atomic mass is 9.81. The maximum atomic E-state index is 11.8. The fraction of sp³-hybridized carbons (Fsp3) is 0.647. The summed E-state index contributed by atoms with van der Waals surface area (Å²) >= 11 is 0. The molecule has 3 nitrogen and oxygen atoms in total. The summed E-state index contributed by atoms with van der Waals surface area (Å²) in [5.74, 6) is -0.0835. The summed E-state index contributed by atoms with van der Waals surface area (Å²) < 4.78 is 0. The molecule has 114 valence electrons. The van der Waals surface area contributed by atoms with Gasteiger partial charge in [0.05, 0.1) is 0 Å². The summed E-state index contributed by atoms with van der Waals surface area (Å²) in [6.45, 7) is 11.9. The lowest BCUT2D eigenvalue weighted by molar-refractivity contribution is -0.119. The molecule has 0 aromatic carbocycles. The summed E-state index contributed by atoms with van der Waals surface area (Å²) in [5, 5.41) is 2.98. The van der Waals surface area contributed by atoms with Crippen LogP contribution in [-0.2, 0) is 9.59 Å². The van der Waals surface area contributed by atoms with Crippen molar-refractivity contribution >= 4 is 11.7 Å². The Hall–Kier alpha value is -1.38. The first kappa shape index (κ1) is 18.6. The summed E-state index contributed by atoms with van der Waals surface area (Å²) in [7, 11) is 0. The molecule has 0 aromatic heterocycles. The van der Waals surface area contributed by atoms with Gasteiger partial charge in [-0.1, -0.05) is 38.8 Å². The van der Waals surface area contributed by atoms with Crippen LogP contribution in [0.3, 0.4) is 0 Å². The molecule has 0 aromatic rings. The molecular weight excluding hydrogens is 250 g/mol. The average Bonchev–Trinajstić information content (AvgIpc) is 2.36. The molecule has 20 heavy (non-hydrogen) atoms. The minimum Gasteiger partial charge on any atom is -0.347 e. The lowest BCUT2D eigenvalue weighted by Gasteiger charge is -2.34. The molecule has 1 N–H and O–H groups in total. The second-order valence-corrected chi connectivity index (χ2v) is 5.80. The monoisotopic (exact) mass is 279 g/mol. The van der Waals surface area contributed by atoms with E-state index in [9.17, 15) is 9.59 Å². The summed E-state index contributed by atoms with van der Waals surface area (Å²) in [6.07, 6.45) is 8.07. The van der Waals surface area contributed by atoms with Gasteiger partial charge in [0, 0.05) is 11.6 Å². The zero-order chi connectivity index (χ0) is 15.8. The minimum atomic E-state index is -0.339. The highest BCUT2D eigenvalue weighted by Gasteiger charge is 2.28. The van der Waals surface area contributed by atoms with Crippen LogP contribution in [0.2, 0.25) is 0 Å². The highest BCUT2D eigenvalue weighted by atomic mass is 16.1. The second-order valence-electron chi connectivity index (χ2n) is 5.80. The van der Waals surface area contributed by atoms with E-state index in [4.69, 9.17) is 0 Å². The third-order valence-corrected chi connectivity index (χ3v) is 3.66. The molecule has 0 saturated heterocycles. The van der Waals surface area contributed by atoms with E-state index in [-0.39, 0.29) is 23.1 Å². The van der Waals surface area contributed by atoms with E-state index in [0.29, 0.717) is 0 Å². The number of carbonyl (C=O) groups is 2. The van der Waals surface area contributed by atoms with Gasteiger partial charge in [-0.05, 0) is 45.6 Å². The van der Waals surface area contributed by atoms with E-state index in [0.717, 1.165) is 19.3 Å². The van der Waals surface area contributed by atoms with Gasteiger partial charge in [-0.15, -0.1) is 0 Å². The first-order valence-corrected chi connectivity index (χ1v) is 7.44. The number of unbranched alkanes of at least 4 members (excludes halogenated alkanes) is 1. The molecular formula is C17H29NO2. The smallest absolute Gasteiger partial charge is 0.244 e. The zero-order valence-electron chi connectivity index (χ0n) is 13.7. The topological polar surface area (TPSA) is 46.2 Å². The van der Waals surface area contributed by atoms with Crippen molar-refractivity contribution in [3.8, 4) is 0 Å². The van der Waals surface area contributed by atoms with Gasteiger partial charge in [0.15, 0.2) is 5.78 Å². The third-order valence-electron chi connectivity index (χ3n) is 3.66. The largest absolute Gasteiger partial charge is 0.347 e. The van der Waals surface area contributed by atoms with Crippen LogP contribution in [0.1, 0.15) is 60.8 Å². The van der Waals surface area contributed by atoms with E-state index < -0.39 is 0 Å². The van der Waals surface area contributed by atoms with Crippen molar-refractivity contribution in [2.45, 2.75) is 66.3 Å². The number of hydrogen-bond donors (Lipinski definition) is 1. The van der Waals surface area contributed by atoms with Crippen LogP contribution in [0.15, 0.2) is 23.8 Å². The van der Waals surface area contributed by atoms with Crippen molar-refractivity contribution in [2.75, 3.05) is 0 Å². The Kier molecular flexibility index (Phi) is 8.12. The number of hydrogen-bond acceptors (Lipinski definition) is 2. The quantitative estimate of drug-likeness (QED) is 0.542. The van der Waals surface area contributed by atoms with Crippen molar-refractivity contribution in [3.05, 3.63) is 23.8 Å². The standard InChI is InChI=1S/C17H29NO2/c1-7-9-10-15(8-2)14(4)17(5,6)18-16(20)12-11-13(3)19/h10-12,14H,7-9H2,1-6H3,(H,18,20)/b12-11-,15-10-. The first-order valence-electron chi connectivity index (χ1n) is 7.44. The Morgan fingerprint density at radius 1 is 1.20 bits per heavy atom. The Labute approximate surface area is 123 Å². The average molecular weight is 279 g/mol. The molecule has 1 unspecified atom stereocenters. The van der Waals surface area contributed by atoms with E-state index >= 15 is 0 Å². The van der Waals surface area contributed by atoms with Crippen LogP contribution in [0, 0.1) is 5.92 Å². The highest BCUT2D eigenvalue weighted by Crippen LogP contribution is 2.27. The molecule has 0 spiro atoms. The zero-order valence-corrected chi connectivity index (χ0v) is 13.7. The van der Waals surface area contributed by atoms with Crippen LogP contribution in [-0.4, -0.2) is 17.2 Å². The van der Waals surface area contributed by atoms with E-state index in [1.165, 1.54) is 24.6 Å². The number of ketones is 1. The molecule has 0 aliphatic heterocycles. The molecule has 0 saturated carbocycles. The molecule has 0 bridgehead atoms. The van der Waals surface area contributed by atoms with Gasteiger partial charge in [0.25, 0.3) is 0 Å². The van der Waals surface area contributed by atoms with Gasteiger partial charge in [-0.2, -0.15) is 0 Å². The molecule has 0 rings (SSSR count). The van der Waals surface area contributed by atoms with Gasteiger partial charge in [-0.25, -0.2) is 0 Å². The van der Waals surface area contributed by atoms with Gasteiger partial charge in [0.2, 0.25) is 5.91 Å². The predicted octanol–water partition coefficient (Wildman–Crippen LogP) is 3.80. The Morgan fingerprint density at radius 3 is 2.25 bits per heavy atom. The van der Waals surface area contributed by atoms with Gasteiger partial charge >= 0.3 is 0 Å². The van der Waals surface area contributed by atoms with Gasteiger partial charge in [0.1, 0.15) is 0 Å². The van der Waals surface area contributed by atoms with Crippen LogP contribution in [0.4, 0.5) is 0 Å². The van der Waals surface area contributed by atoms with Crippen LogP contribution >= 0.6 is 0 Å². The van der Waals surface area contributed by atoms with Crippen molar-refractivity contribution in [3.63, 3.8) is 0 Å². The number of rotatable bonds is 8. The van der Waals surface area contributed by atoms with E-state index in [1.54, 1.807) is 0 Å². The maximum absolute atomic E-state index is 11.8. The maximum Gasteiger partial charge on any atom is 0.244 e. The van der Waals surface area contributed by atoms with Crippen LogP contribution in [0.25, 0.3) is 0 Å². The number of nitrogens with one attached hydrogen (secondary N) is 1. The van der Waals surface area contributed by atoms with Crippen LogP contribution in [0.5, 0.6) is 0 Å². The Morgan fingerprint density at radius 2 is 1.80 bits per heavy atom. The second kappa shape index (κ2) is 8.72. The SMILES string of the molecule is CCC/C=C(/CC)C(C)C(C)(C)NC(=O)/C=C\C(C)=O. The van der Waals surface area contributed by atoms with E-state index in [1.807, 2.05) is 13.8 Å². The predicted molar refractivity (Wildman–Crippen MR) is 84.5 cm³/mol. The molecule has 0 aliphatic carbocycles. The van der Waals surface area contributed by atoms with Crippen LogP contribution < -0.4 is 5.32 Å². The number of carbonyl (C=O) groups excluding carboxylic acids is 2. The van der Waals surface area contributed by atoms with Gasteiger partial charge in [-0.3, -0.25) is 9.59 Å². The molecule has 1 atom stereocenters. The number of amides is 1. The molecule has 0 fully saturated rings. The van der Waals surface area contributed by atoms with Crippen molar-refractivity contribution in [1.29, 1.82) is 0 Å². The molecule has 0 heterocycles. The van der Waals surface area contributed by atoms with Crippen molar-refractivity contribution in [1.82, 2.24) is 5.32 Å². The molecule has 0 aliphatic rings. The molecule has 0 radical (unpaired) electrons. The minimum absolute atomic E-state index is 0.122. The fourth-order valence-corrected chi connectivity index (χ4v) is 2.08. The van der Waals surface area contributed by atoms with Crippen molar-refractivity contribution < 1.29 is 9.59 Å². The van der Waals surface area contributed by atoms with E-state index in [2.05, 4.69) is 32.2 Å². The summed E-state index contributed by atoms with van der Waals surface area (Å²) in [5.41, 5.74) is 1.03. The Bertz CT molecular complexity index is 392. The highest BCUT2D eigenvalue weighted by molar-refractivity contribution is 5.96. The number of allylic oxidation sites excluding steroid dienone is 2. The normalized spacial score (nSPS) is 14.4. The lowest BCUT2D eigenvalue weighted by Crippen LogP contribution is -2.48. The fourth-order valence-electron chi connectivity index (χ4n) is 2.08. The summed E-state index contributed by atoms with van der Waals surface area (Å²) in [6, 6.07) is 0. The van der Waals surface area contributed by atoms with Crippen molar-refractivity contribution in [2.24, 2.45) is 5.92 Å². The summed E-state index contributed by atoms with van der Waals surface area (Å²) in [4.78, 5) is 22.7. The Balaban J connectivity index is 4.84. The first-order chi connectivity index (χ1) is 9.24. The molecule has 3 heteroatoms. The molecule has 1 amide bonds. The van der Waals surface area contributed by atoms with Gasteiger partial charge < -0.3 is 5.32 Å².